The smallest absolute Gasteiger partial charge is 0.407 e. The van der Waals surface area contributed by atoms with E-state index in [0.29, 0.717) is 5.01 Å². The van der Waals surface area contributed by atoms with Crippen LogP contribution in [-0.4, -0.2) is 34.2 Å². The van der Waals surface area contributed by atoms with Gasteiger partial charge in [0.1, 0.15) is 5.01 Å². The number of aromatic nitrogens is 1. The second-order valence-electron chi connectivity index (χ2n) is 3.57. The summed E-state index contributed by atoms with van der Waals surface area (Å²) in [6, 6.07) is 0. The minimum Gasteiger partial charge on any atom is -0.465 e. The van der Waals surface area contributed by atoms with E-state index in [9.17, 15) is 9.18 Å². The monoisotopic (exact) mass is 230 g/mol. The third-order valence-corrected chi connectivity index (χ3v) is 3.59. The summed E-state index contributed by atoms with van der Waals surface area (Å²) >= 11 is 1.29. The van der Waals surface area contributed by atoms with E-state index in [2.05, 4.69) is 4.98 Å². The summed E-state index contributed by atoms with van der Waals surface area (Å²) in [5, 5.41) is 10.9. The molecule has 1 aromatic heterocycles. The minimum absolute atomic E-state index is 0.201. The van der Waals surface area contributed by atoms with Crippen LogP contribution in [0.5, 0.6) is 0 Å². The van der Waals surface area contributed by atoms with E-state index >= 15 is 0 Å². The third-order valence-electron chi connectivity index (χ3n) is 2.64. The number of thiazole rings is 1. The van der Waals surface area contributed by atoms with Gasteiger partial charge < -0.3 is 10.0 Å². The molecule has 4 nitrogen and oxygen atoms in total. The van der Waals surface area contributed by atoms with Gasteiger partial charge in [-0.25, -0.2) is 14.2 Å². The lowest BCUT2D eigenvalue weighted by molar-refractivity contribution is 0.0550. The van der Waals surface area contributed by atoms with Crippen molar-refractivity contribution in [2.24, 2.45) is 0 Å². The molecule has 2 rings (SSSR count). The molecule has 1 fully saturated rings. The van der Waals surface area contributed by atoms with Gasteiger partial charge in [0.2, 0.25) is 0 Å². The first-order chi connectivity index (χ1) is 7.12. The molecule has 1 amide bonds. The highest BCUT2D eigenvalue weighted by Crippen LogP contribution is 2.37. The summed E-state index contributed by atoms with van der Waals surface area (Å²) < 4.78 is 14.3. The molecule has 1 aromatic rings. The largest absolute Gasteiger partial charge is 0.465 e. The van der Waals surface area contributed by atoms with Gasteiger partial charge in [-0.3, -0.25) is 0 Å². The Labute approximate surface area is 90.4 Å². The van der Waals surface area contributed by atoms with Crippen LogP contribution in [0.3, 0.4) is 0 Å². The molecular weight excluding hydrogens is 219 g/mol. The molecule has 0 bridgehead atoms. The highest BCUT2D eigenvalue weighted by atomic mass is 32.1. The van der Waals surface area contributed by atoms with Gasteiger partial charge in [-0.2, -0.15) is 0 Å². The first-order valence-electron chi connectivity index (χ1n) is 4.68. The van der Waals surface area contributed by atoms with E-state index in [-0.39, 0.29) is 25.9 Å². The number of carbonyl (C=O) groups is 1. The van der Waals surface area contributed by atoms with E-state index in [0.717, 1.165) is 0 Å². The molecule has 82 valence electrons. The van der Waals surface area contributed by atoms with Crippen molar-refractivity contribution in [2.75, 3.05) is 13.1 Å². The molecule has 1 N–H and O–H groups in total. The number of carboxylic acid groups (broad SMARTS) is 1. The summed E-state index contributed by atoms with van der Waals surface area (Å²) in [5.41, 5.74) is -1.43. The summed E-state index contributed by atoms with van der Waals surface area (Å²) in [6.07, 6.45) is 1.00. The maximum absolute atomic E-state index is 14.3. The van der Waals surface area contributed by atoms with E-state index in [1.54, 1.807) is 11.6 Å². The quantitative estimate of drug-likeness (QED) is 0.803. The molecule has 0 aromatic carbocycles. The lowest BCUT2D eigenvalue weighted by Crippen LogP contribution is -2.42. The normalized spacial score (nSPS) is 20.2. The number of halogens is 1. The molecule has 0 saturated carbocycles. The molecule has 15 heavy (non-hydrogen) atoms. The predicted octanol–water partition coefficient (Wildman–Crippen LogP) is 2.08. The fraction of sp³-hybridized carbons (Fsp3) is 0.556. The van der Waals surface area contributed by atoms with Crippen molar-refractivity contribution in [1.29, 1.82) is 0 Å². The molecule has 1 saturated heterocycles. The SMILES string of the molecule is O=C(O)N1CCC(F)(c2nccs2)CC1. The fourth-order valence-corrected chi connectivity index (χ4v) is 2.50. The zero-order chi connectivity index (χ0) is 10.9. The van der Waals surface area contributed by atoms with Crippen LogP contribution in [0, 0.1) is 0 Å². The van der Waals surface area contributed by atoms with Crippen LogP contribution in [0.4, 0.5) is 9.18 Å². The Morgan fingerprint density at radius 3 is 2.73 bits per heavy atom. The van der Waals surface area contributed by atoms with Gasteiger partial charge in [0, 0.05) is 37.5 Å². The van der Waals surface area contributed by atoms with Crippen LogP contribution in [0.15, 0.2) is 11.6 Å². The van der Waals surface area contributed by atoms with Crippen LogP contribution in [0.25, 0.3) is 0 Å². The summed E-state index contributed by atoms with van der Waals surface area (Å²) in [7, 11) is 0. The zero-order valence-corrected chi connectivity index (χ0v) is 8.84. The van der Waals surface area contributed by atoms with Crippen LogP contribution >= 0.6 is 11.3 Å². The molecule has 0 spiro atoms. The van der Waals surface area contributed by atoms with Gasteiger partial charge >= 0.3 is 6.09 Å². The highest BCUT2D eigenvalue weighted by molar-refractivity contribution is 7.09. The molecule has 1 aliphatic heterocycles. The lowest BCUT2D eigenvalue weighted by atomic mass is 9.94. The van der Waals surface area contributed by atoms with E-state index in [4.69, 9.17) is 5.11 Å². The van der Waals surface area contributed by atoms with E-state index in [1.165, 1.54) is 16.2 Å². The Kier molecular flexibility index (Phi) is 2.60. The summed E-state index contributed by atoms with van der Waals surface area (Å²) in [4.78, 5) is 15.8. The number of hydrogen-bond acceptors (Lipinski definition) is 3. The average molecular weight is 230 g/mol. The van der Waals surface area contributed by atoms with E-state index < -0.39 is 11.8 Å². The fourth-order valence-electron chi connectivity index (χ4n) is 1.71. The minimum atomic E-state index is -1.43. The van der Waals surface area contributed by atoms with Crippen molar-refractivity contribution in [2.45, 2.75) is 18.5 Å². The van der Waals surface area contributed by atoms with Crippen LogP contribution in [0.1, 0.15) is 17.8 Å². The Morgan fingerprint density at radius 2 is 2.27 bits per heavy atom. The Hall–Kier alpha value is -1.17. The van der Waals surface area contributed by atoms with Gasteiger partial charge in [-0.1, -0.05) is 0 Å². The number of rotatable bonds is 1. The molecule has 0 unspecified atom stereocenters. The number of alkyl halides is 1. The van der Waals surface area contributed by atoms with Crippen LogP contribution < -0.4 is 0 Å². The van der Waals surface area contributed by atoms with E-state index in [1.807, 2.05) is 0 Å². The number of piperidine rings is 1. The van der Waals surface area contributed by atoms with Crippen molar-refractivity contribution in [3.63, 3.8) is 0 Å². The van der Waals surface area contributed by atoms with Gasteiger partial charge in [0.05, 0.1) is 0 Å². The second-order valence-corrected chi connectivity index (χ2v) is 4.47. The first kappa shape index (κ1) is 10.4. The summed E-state index contributed by atoms with van der Waals surface area (Å²) in [5.74, 6) is 0. The predicted molar refractivity (Wildman–Crippen MR) is 53.7 cm³/mol. The van der Waals surface area contributed by atoms with Crippen molar-refractivity contribution in [3.8, 4) is 0 Å². The molecule has 1 aliphatic rings. The number of hydrogen-bond donors (Lipinski definition) is 1. The number of likely N-dealkylation sites (tertiary alicyclic amines) is 1. The Morgan fingerprint density at radius 1 is 1.60 bits per heavy atom. The number of nitrogens with zero attached hydrogens (tertiary/aromatic N) is 2. The zero-order valence-electron chi connectivity index (χ0n) is 8.02. The van der Waals surface area contributed by atoms with Crippen molar-refractivity contribution < 1.29 is 14.3 Å². The Balaban J connectivity index is 2.06. The highest BCUT2D eigenvalue weighted by Gasteiger charge is 2.39. The average Bonchev–Trinajstić information content (AvgIpc) is 2.71. The molecule has 0 radical (unpaired) electrons. The number of amides is 1. The molecular formula is C9H11FN2O2S. The summed E-state index contributed by atoms with van der Waals surface area (Å²) in [6.45, 7) is 0.483. The van der Waals surface area contributed by atoms with Gasteiger partial charge in [-0.15, -0.1) is 11.3 Å². The van der Waals surface area contributed by atoms with Gasteiger partial charge in [-0.05, 0) is 0 Å². The van der Waals surface area contributed by atoms with Crippen LogP contribution in [-0.2, 0) is 5.67 Å². The van der Waals surface area contributed by atoms with Crippen molar-refractivity contribution in [3.05, 3.63) is 16.6 Å². The standard InChI is InChI=1S/C9H11FN2O2S/c10-9(7-11-3-6-15-7)1-4-12(5-2-9)8(13)14/h3,6H,1-2,4-5H2,(H,13,14). The van der Waals surface area contributed by atoms with Crippen LogP contribution in [0.2, 0.25) is 0 Å². The molecule has 2 heterocycles. The van der Waals surface area contributed by atoms with Crippen molar-refractivity contribution >= 4 is 17.4 Å². The lowest BCUT2D eigenvalue weighted by Gasteiger charge is -2.33. The van der Waals surface area contributed by atoms with Crippen molar-refractivity contribution in [1.82, 2.24) is 9.88 Å². The molecule has 0 aliphatic carbocycles. The molecule has 0 atom stereocenters. The maximum atomic E-state index is 14.3. The van der Waals surface area contributed by atoms with Gasteiger partial charge in [0.15, 0.2) is 5.67 Å². The topological polar surface area (TPSA) is 53.4 Å². The maximum Gasteiger partial charge on any atom is 0.407 e. The van der Waals surface area contributed by atoms with Gasteiger partial charge in [0.25, 0.3) is 0 Å². The third kappa shape index (κ3) is 1.94. The first-order valence-corrected chi connectivity index (χ1v) is 5.56. The Bertz CT molecular complexity index is 347. The molecule has 6 heteroatoms. The second kappa shape index (κ2) is 3.77.